The lowest BCUT2D eigenvalue weighted by atomic mass is 9.86. The molecule has 9 heteroatoms. The maximum atomic E-state index is 13.2. The number of benzene rings is 1. The lowest BCUT2D eigenvalue weighted by Crippen LogP contribution is -2.55. The summed E-state index contributed by atoms with van der Waals surface area (Å²) < 4.78 is 5.47. The number of rotatable bonds is 6. The van der Waals surface area contributed by atoms with E-state index in [1.807, 2.05) is 64.4 Å². The summed E-state index contributed by atoms with van der Waals surface area (Å²) in [7, 11) is 1.60. The van der Waals surface area contributed by atoms with Gasteiger partial charge in [-0.15, -0.1) is 23.7 Å². The molecule has 7 nitrogen and oxygen atoms in total. The zero-order valence-corrected chi connectivity index (χ0v) is 21.8. The summed E-state index contributed by atoms with van der Waals surface area (Å²) in [5, 5.41) is 3.07. The van der Waals surface area contributed by atoms with Crippen molar-refractivity contribution in [1.82, 2.24) is 15.2 Å². The summed E-state index contributed by atoms with van der Waals surface area (Å²) in [6.07, 6.45) is 0.278. The minimum absolute atomic E-state index is 0. The molecule has 2 amide bonds. The van der Waals surface area contributed by atoms with Gasteiger partial charge in [0.2, 0.25) is 11.8 Å². The number of hydrogen-bond donors (Lipinski definition) is 2. The van der Waals surface area contributed by atoms with E-state index in [2.05, 4.69) is 10.3 Å². The Labute approximate surface area is 206 Å². The molecular weight excluding hydrogens is 460 g/mol. The highest BCUT2D eigenvalue weighted by molar-refractivity contribution is 7.13. The van der Waals surface area contributed by atoms with Crippen molar-refractivity contribution >= 4 is 35.6 Å². The molecule has 182 valence electrons. The van der Waals surface area contributed by atoms with Crippen molar-refractivity contribution in [3.8, 4) is 10.4 Å². The maximum absolute atomic E-state index is 13.2. The highest BCUT2D eigenvalue weighted by atomic mass is 35.5. The van der Waals surface area contributed by atoms with Crippen LogP contribution < -0.4 is 11.1 Å². The predicted octanol–water partition coefficient (Wildman–Crippen LogP) is 3.71. The molecule has 0 aliphatic carbocycles. The Bertz CT molecular complexity index is 957. The van der Waals surface area contributed by atoms with E-state index in [0.717, 1.165) is 21.7 Å². The Morgan fingerprint density at radius 2 is 1.91 bits per heavy atom. The van der Waals surface area contributed by atoms with Crippen LogP contribution in [0.25, 0.3) is 10.4 Å². The van der Waals surface area contributed by atoms with Gasteiger partial charge < -0.3 is 20.7 Å². The van der Waals surface area contributed by atoms with E-state index in [0.29, 0.717) is 13.0 Å². The molecular formula is C24H35ClN4O3S. The van der Waals surface area contributed by atoms with Gasteiger partial charge in [0.05, 0.1) is 34.3 Å². The third kappa shape index (κ3) is 6.12. The van der Waals surface area contributed by atoms with E-state index in [1.165, 1.54) is 0 Å². The predicted molar refractivity (Wildman–Crippen MR) is 134 cm³/mol. The Morgan fingerprint density at radius 3 is 2.42 bits per heavy atom. The summed E-state index contributed by atoms with van der Waals surface area (Å²) in [6.45, 7) is 10.1. The molecule has 0 radical (unpaired) electrons. The second-order valence-corrected chi connectivity index (χ2v) is 10.4. The van der Waals surface area contributed by atoms with Gasteiger partial charge in [0, 0.05) is 20.1 Å². The van der Waals surface area contributed by atoms with E-state index in [9.17, 15) is 9.59 Å². The van der Waals surface area contributed by atoms with Crippen LogP contribution >= 0.6 is 23.7 Å². The molecule has 4 atom stereocenters. The molecule has 2 aromatic rings. The summed E-state index contributed by atoms with van der Waals surface area (Å²) in [5.41, 5.74) is 10.8. The second-order valence-electron chi connectivity index (χ2n) is 9.56. The molecule has 0 saturated carbocycles. The summed E-state index contributed by atoms with van der Waals surface area (Å²) >= 11 is 1.61. The van der Waals surface area contributed by atoms with Crippen molar-refractivity contribution in [2.24, 2.45) is 11.1 Å². The normalized spacial score (nSPS) is 20.2. The molecule has 1 aromatic heterocycles. The number of nitrogens with zero attached hydrogens (tertiary/aromatic N) is 2. The monoisotopic (exact) mass is 494 g/mol. The van der Waals surface area contributed by atoms with Crippen LogP contribution in [0, 0.1) is 12.3 Å². The molecule has 1 saturated heterocycles. The molecule has 33 heavy (non-hydrogen) atoms. The van der Waals surface area contributed by atoms with E-state index >= 15 is 0 Å². The van der Waals surface area contributed by atoms with Gasteiger partial charge >= 0.3 is 0 Å². The van der Waals surface area contributed by atoms with Crippen LogP contribution in [-0.2, 0) is 14.3 Å². The zero-order chi connectivity index (χ0) is 23.6. The van der Waals surface area contributed by atoms with Crippen molar-refractivity contribution in [3.63, 3.8) is 0 Å². The highest BCUT2D eigenvalue weighted by Gasteiger charge is 2.43. The molecule has 0 spiro atoms. The van der Waals surface area contributed by atoms with E-state index in [1.54, 1.807) is 23.3 Å². The number of carbonyl (C=O) groups is 2. The number of halogens is 1. The zero-order valence-electron chi connectivity index (χ0n) is 20.1. The number of methoxy groups -OCH3 is 1. The fraction of sp³-hybridized carbons (Fsp3) is 0.542. The summed E-state index contributed by atoms with van der Waals surface area (Å²) in [4.78, 5) is 33.3. The van der Waals surface area contributed by atoms with Crippen LogP contribution in [0.15, 0.2) is 29.8 Å². The van der Waals surface area contributed by atoms with Gasteiger partial charge in [0.25, 0.3) is 0 Å². The summed E-state index contributed by atoms with van der Waals surface area (Å²) in [5.74, 6) is -0.400. The van der Waals surface area contributed by atoms with Crippen LogP contribution in [0.5, 0.6) is 0 Å². The fourth-order valence-corrected chi connectivity index (χ4v) is 4.72. The van der Waals surface area contributed by atoms with E-state index < -0.39 is 17.5 Å². The van der Waals surface area contributed by atoms with Gasteiger partial charge in [0.15, 0.2) is 0 Å². The van der Waals surface area contributed by atoms with Crippen molar-refractivity contribution in [1.29, 1.82) is 0 Å². The van der Waals surface area contributed by atoms with E-state index in [4.69, 9.17) is 10.5 Å². The SMILES string of the molecule is CO[C@@H]1C[C@@H](C(=O)N[C@@H](C)c2ccc(-c3scnc3C)cc2)N(C(=O)[C@@H](N)C(C)(C)C)C1.Cl. The second kappa shape index (κ2) is 11.0. The number of aromatic nitrogens is 1. The standard InChI is InChI=1S/C24H34N4O3S.ClH/c1-14(16-7-9-17(10-8-16)20-15(2)26-13-32-20)27-22(29)19-11-18(31-6)12-28(19)23(30)21(25)24(3,4)5;/h7-10,13-14,18-19,21H,11-12,25H2,1-6H3,(H,27,29);1H/t14-,18+,19-,21+;/m0./s1. The van der Waals surface area contributed by atoms with Gasteiger partial charge in [0.1, 0.15) is 6.04 Å². The highest BCUT2D eigenvalue weighted by Crippen LogP contribution is 2.29. The average molecular weight is 495 g/mol. The molecule has 0 bridgehead atoms. The van der Waals surface area contributed by atoms with Crippen LogP contribution in [0.2, 0.25) is 0 Å². The first-order chi connectivity index (χ1) is 15.0. The minimum Gasteiger partial charge on any atom is -0.380 e. The Morgan fingerprint density at radius 1 is 1.27 bits per heavy atom. The Kier molecular flexibility index (Phi) is 9.04. The minimum atomic E-state index is -0.687. The maximum Gasteiger partial charge on any atom is 0.243 e. The van der Waals surface area contributed by atoms with Gasteiger partial charge in [-0.1, -0.05) is 45.0 Å². The van der Waals surface area contributed by atoms with Gasteiger partial charge in [-0.05, 0) is 30.4 Å². The number of amides is 2. The van der Waals surface area contributed by atoms with Gasteiger partial charge in [-0.2, -0.15) is 0 Å². The number of nitrogens with one attached hydrogen (secondary N) is 1. The lowest BCUT2D eigenvalue weighted by Gasteiger charge is -2.32. The quantitative estimate of drug-likeness (QED) is 0.638. The first-order valence-corrected chi connectivity index (χ1v) is 11.8. The number of nitrogens with two attached hydrogens (primary N) is 1. The number of thiazole rings is 1. The fourth-order valence-electron chi connectivity index (χ4n) is 3.90. The topological polar surface area (TPSA) is 97.5 Å². The molecule has 2 heterocycles. The van der Waals surface area contributed by atoms with Crippen molar-refractivity contribution in [3.05, 3.63) is 41.0 Å². The third-order valence-corrected chi connectivity index (χ3v) is 7.14. The number of ether oxygens (including phenoxy) is 1. The van der Waals surface area contributed by atoms with Crippen molar-refractivity contribution in [2.45, 2.75) is 65.3 Å². The van der Waals surface area contributed by atoms with Crippen LogP contribution in [0.3, 0.4) is 0 Å². The first kappa shape index (κ1) is 27.2. The number of aryl methyl sites for hydroxylation is 1. The van der Waals surface area contributed by atoms with Crippen LogP contribution in [0.4, 0.5) is 0 Å². The molecule has 1 aliphatic heterocycles. The molecule has 1 aromatic carbocycles. The van der Waals surface area contributed by atoms with Gasteiger partial charge in [-0.3, -0.25) is 9.59 Å². The lowest BCUT2D eigenvalue weighted by molar-refractivity contribution is -0.141. The number of hydrogen-bond acceptors (Lipinski definition) is 6. The van der Waals surface area contributed by atoms with Crippen molar-refractivity contribution in [2.75, 3.05) is 13.7 Å². The number of likely N-dealkylation sites (tertiary alicyclic amines) is 1. The molecule has 3 N–H and O–H groups in total. The first-order valence-electron chi connectivity index (χ1n) is 10.9. The molecule has 1 fully saturated rings. The van der Waals surface area contributed by atoms with Gasteiger partial charge in [-0.25, -0.2) is 4.98 Å². The Balaban J connectivity index is 0.00000385. The molecule has 1 aliphatic rings. The van der Waals surface area contributed by atoms with Crippen LogP contribution in [0.1, 0.15) is 51.4 Å². The molecule has 0 unspecified atom stereocenters. The largest absolute Gasteiger partial charge is 0.380 e. The average Bonchev–Trinajstić information content (AvgIpc) is 3.38. The van der Waals surface area contributed by atoms with Crippen molar-refractivity contribution < 1.29 is 14.3 Å². The van der Waals surface area contributed by atoms with E-state index in [-0.39, 0.29) is 36.4 Å². The van der Waals surface area contributed by atoms with Crippen LogP contribution in [-0.4, -0.2) is 53.5 Å². The third-order valence-electron chi connectivity index (χ3n) is 6.16. The number of carbonyl (C=O) groups excluding carboxylic acids is 2. The molecule has 3 rings (SSSR count). The Hall–Kier alpha value is -2.00. The summed E-state index contributed by atoms with van der Waals surface area (Å²) in [6, 6.07) is 6.65. The smallest absolute Gasteiger partial charge is 0.243 e.